The van der Waals surface area contributed by atoms with Crippen LogP contribution in [0, 0.1) is 30.5 Å². The van der Waals surface area contributed by atoms with E-state index in [0.717, 1.165) is 31.5 Å². The number of nitrogens with zero attached hydrogens (tertiary/aromatic N) is 2. The van der Waals surface area contributed by atoms with Gasteiger partial charge in [0.25, 0.3) is 0 Å². The number of carbonyl (C=O) groups excluding carboxylic acids is 2. The summed E-state index contributed by atoms with van der Waals surface area (Å²) < 4.78 is 20.3. The Bertz CT molecular complexity index is 1070. The zero-order chi connectivity index (χ0) is 26.5. The van der Waals surface area contributed by atoms with Gasteiger partial charge in [0.2, 0.25) is 5.91 Å². The van der Waals surface area contributed by atoms with Crippen LogP contribution in [0.1, 0.15) is 46.9 Å². The first-order valence-corrected chi connectivity index (χ1v) is 13.3. The second kappa shape index (κ2) is 12.3. The van der Waals surface area contributed by atoms with Crippen LogP contribution in [0.25, 0.3) is 0 Å². The molecule has 2 saturated heterocycles. The third kappa shape index (κ3) is 6.11. The van der Waals surface area contributed by atoms with Crippen molar-refractivity contribution in [1.29, 1.82) is 0 Å². The molecular formula is C30H40FN3O3. The van der Waals surface area contributed by atoms with E-state index in [4.69, 9.17) is 4.74 Å². The number of nitrogens with one attached hydrogen (secondary N) is 1. The quantitative estimate of drug-likeness (QED) is 0.543. The molecule has 1 N–H and O–H groups in total. The highest BCUT2D eigenvalue weighted by molar-refractivity contribution is 5.98. The van der Waals surface area contributed by atoms with E-state index < -0.39 is 6.10 Å². The van der Waals surface area contributed by atoms with Gasteiger partial charge in [0.15, 0.2) is 5.78 Å². The van der Waals surface area contributed by atoms with Crippen molar-refractivity contribution in [2.75, 3.05) is 47.4 Å². The minimum atomic E-state index is -0.417. The van der Waals surface area contributed by atoms with E-state index in [1.165, 1.54) is 6.07 Å². The number of ketones is 1. The Balaban J connectivity index is 1.63. The summed E-state index contributed by atoms with van der Waals surface area (Å²) in [6.45, 7) is 4.22. The molecule has 2 aliphatic rings. The van der Waals surface area contributed by atoms with E-state index in [2.05, 4.69) is 24.3 Å². The van der Waals surface area contributed by atoms with E-state index in [0.29, 0.717) is 36.7 Å². The lowest BCUT2D eigenvalue weighted by Crippen LogP contribution is -2.55. The Morgan fingerprint density at radius 3 is 2.38 bits per heavy atom. The second-order valence-corrected chi connectivity index (χ2v) is 10.7. The number of likely N-dealkylation sites (tertiary alicyclic amines) is 1. The highest BCUT2D eigenvalue weighted by Crippen LogP contribution is 2.39. The van der Waals surface area contributed by atoms with Crippen LogP contribution in [0.4, 0.5) is 4.39 Å². The number of hydrogen-bond acceptors (Lipinski definition) is 5. The third-order valence-corrected chi connectivity index (χ3v) is 8.41. The number of carbonyl (C=O) groups is 2. The van der Waals surface area contributed by atoms with Crippen molar-refractivity contribution in [3.05, 3.63) is 71.0 Å². The largest absolute Gasteiger partial charge is 0.377 e. The van der Waals surface area contributed by atoms with E-state index in [1.807, 2.05) is 41.3 Å². The maximum atomic E-state index is 14.4. The Morgan fingerprint density at radius 2 is 1.73 bits per heavy atom. The van der Waals surface area contributed by atoms with Crippen molar-refractivity contribution in [3.8, 4) is 0 Å². The van der Waals surface area contributed by atoms with Crippen LogP contribution in [-0.2, 0) is 9.53 Å². The summed E-state index contributed by atoms with van der Waals surface area (Å²) in [5, 5.41) is 3.39. The van der Waals surface area contributed by atoms with Crippen molar-refractivity contribution < 1.29 is 18.7 Å². The average Bonchev–Trinajstić information content (AvgIpc) is 2.93. The van der Waals surface area contributed by atoms with Gasteiger partial charge < -0.3 is 19.9 Å². The molecule has 1 amide bonds. The van der Waals surface area contributed by atoms with Gasteiger partial charge in [-0.2, -0.15) is 0 Å². The number of hydrogen-bond donors (Lipinski definition) is 1. The van der Waals surface area contributed by atoms with Crippen molar-refractivity contribution >= 4 is 11.7 Å². The SMILES string of the molecule is COC(C[C@@H]1[C@@H](C(=O)c2ccccc2)CNC[C@H]1C(=O)N1CCC(N(C)C)CC1)c1cccc(F)c1C. The number of amides is 1. The van der Waals surface area contributed by atoms with Gasteiger partial charge in [-0.15, -0.1) is 0 Å². The molecule has 0 bridgehead atoms. The lowest BCUT2D eigenvalue weighted by molar-refractivity contribution is -0.140. The van der Waals surface area contributed by atoms with Gasteiger partial charge in [-0.1, -0.05) is 42.5 Å². The summed E-state index contributed by atoms with van der Waals surface area (Å²) in [4.78, 5) is 31.9. The van der Waals surface area contributed by atoms with E-state index in [-0.39, 0.29) is 35.3 Å². The molecule has 2 fully saturated rings. The van der Waals surface area contributed by atoms with Crippen LogP contribution in [0.2, 0.25) is 0 Å². The highest BCUT2D eigenvalue weighted by Gasteiger charge is 2.44. The molecule has 2 heterocycles. The standard InChI is InChI=1S/C30H40FN3O3/c1-20-23(11-8-12-27(20)31)28(37-4)17-24-25(29(35)21-9-6-5-7-10-21)18-32-19-26(24)30(36)34-15-13-22(14-16-34)33(2)3/h5-12,22,24-26,28,32H,13-19H2,1-4H3/t24-,25+,26-,28?/m1/s1. The van der Waals surface area contributed by atoms with Crippen LogP contribution in [0.15, 0.2) is 48.5 Å². The first-order chi connectivity index (χ1) is 17.8. The van der Waals surface area contributed by atoms with Crippen molar-refractivity contribution in [2.24, 2.45) is 17.8 Å². The van der Waals surface area contributed by atoms with E-state index in [9.17, 15) is 14.0 Å². The van der Waals surface area contributed by atoms with Crippen LogP contribution in [-0.4, -0.2) is 74.9 Å². The van der Waals surface area contributed by atoms with Crippen LogP contribution < -0.4 is 5.32 Å². The molecule has 0 radical (unpaired) electrons. The average molecular weight is 510 g/mol. The molecule has 6 nitrogen and oxygen atoms in total. The number of rotatable bonds is 8. The zero-order valence-corrected chi connectivity index (χ0v) is 22.5. The lowest BCUT2D eigenvalue weighted by atomic mass is 9.71. The molecule has 1 unspecified atom stereocenters. The summed E-state index contributed by atoms with van der Waals surface area (Å²) in [6.07, 6.45) is 1.94. The van der Waals surface area contributed by atoms with E-state index in [1.54, 1.807) is 20.1 Å². The monoisotopic (exact) mass is 509 g/mol. The lowest BCUT2D eigenvalue weighted by Gasteiger charge is -2.43. The molecule has 7 heteroatoms. The van der Waals surface area contributed by atoms with Crippen molar-refractivity contribution in [1.82, 2.24) is 15.1 Å². The number of Topliss-reactive ketones (excluding diaryl/α,β-unsaturated/α-hetero) is 1. The summed E-state index contributed by atoms with van der Waals surface area (Å²) in [6, 6.07) is 14.8. The molecule has 2 aromatic rings. The number of methoxy groups -OCH3 is 1. The third-order valence-electron chi connectivity index (χ3n) is 8.41. The molecule has 37 heavy (non-hydrogen) atoms. The predicted octanol–water partition coefficient (Wildman–Crippen LogP) is 4.10. The fraction of sp³-hybridized carbons (Fsp3) is 0.533. The molecule has 4 rings (SSSR count). The van der Waals surface area contributed by atoms with Crippen LogP contribution >= 0.6 is 0 Å². The van der Waals surface area contributed by atoms with Crippen molar-refractivity contribution in [3.63, 3.8) is 0 Å². The van der Waals surface area contributed by atoms with Gasteiger partial charge in [0.1, 0.15) is 5.82 Å². The first-order valence-electron chi connectivity index (χ1n) is 13.3. The van der Waals surface area contributed by atoms with Gasteiger partial charge in [0, 0.05) is 50.8 Å². The smallest absolute Gasteiger partial charge is 0.227 e. The summed E-state index contributed by atoms with van der Waals surface area (Å²) in [5.74, 6) is -1.11. The fourth-order valence-corrected chi connectivity index (χ4v) is 6.09. The van der Waals surface area contributed by atoms with Gasteiger partial charge >= 0.3 is 0 Å². The maximum Gasteiger partial charge on any atom is 0.227 e. The van der Waals surface area contributed by atoms with Crippen molar-refractivity contribution in [2.45, 2.75) is 38.3 Å². The van der Waals surface area contributed by atoms with Gasteiger partial charge in [-0.05, 0) is 63.4 Å². The zero-order valence-electron chi connectivity index (χ0n) is 22.5. The maximum absolute atomic E-state index is 14.4. The molecule has 0 saturated carbocycles. The normalized spacial score (nSPS) is 23.7. The highest BCUT2D eigenvalue weighted by atomic mass is 19.1. The molecule has 4 atom stereocenters. The number of halogens is 1. The second-order valence-electron chi connectivity index (χ2n) is 10.7. The molecule has 2 aliphatic heterocycles. The Labute approximate surface area is 220 Å². The van der Waals surface area contributed by atoms with Gasteiger partial charge in [0.05, 0.1) is 12.0 Å². The Kier molecular flexibility index (Phi) is 9.11. The summed E-state index contributed by atoms with van der Waals surface area (Å²) in [7, 11) is 5.79. The van der Waals surface area contributed by atoms with E-state index >= 15 is 0 Å². The molecular weight excluding hydrogens is 469 g/mol. The molecule has 200 valence electrons. The topological polar surface area (TPSA) is 61.9 Å². The molecule has 0 aliphatic carbocycles. The number of ether oxygens (including phenoxy) is 1. The minimum absolute atomic E-state index is 0.0349. The summed E-state index contributed by atoms with van der Waals surface area (Å²) >= 11 is 0. The fourth-order valence-electron chi connectivity index (χ4n) is 6.09. The van der Waals surface area contributed by atoms with Gasteiger partial charge in [-0.3, -0.25) is 9.59 Å². The summed E-state index contributed by atoms with van der Waals surface area (Å²) in [5.41, 5.74) is 1.96. The molecule has 2 aromatic carbocycles. The van der Waals surface area contributed by atoms with Crippen LogP contribution in [0.3, 0.4) is 0 Å². The minimum Gasteiger partial charge on any atom is -0.377 e. The van der Waals surface area contributed by atoms with Gasteiger partial charge in [-0.25, -0.2) is 4.39 Å². The predicted molar refractivity (Wildman–Crippen MR) is 143 cm³/mol. The molecule has 0 spiro atoms. The Hall–Kier alpha value is -2.61. The number of benzene rings is 2. The Morgan fingerprint density at radius 1 is 1.05 bits per heavy atom. The molecule has 0 aromatic heterocycles. The number of piperidine rings is 2. The first kappa shape index (κ1) is 27.4. The van der Waals surface area contributed by atoms with Crippen LogP contribution in [0.5, 0.6) is 0 Å².